The van der Waals surface area contributed by atoms with E-state index in [1.54, 1.807) is 59.9 Å². The highest BCUT2D eigenvalue weighted by Gasteiger charge is 2.23. The average Bonchev–Trinajstić information content (AvgIpc) is 3.18. The molecule has 6 heteroatoms. The van der Waals surface area contributed by atoms with Crippen molar-refractivity contribution < 1.29 is 19.4 Å². The number of aliphatic carboxylic acids is 1. The first-order valence-electron chi connectivity index (χ1n) is 7.80. The van der Waals surface area contributed by atoms with E-state index >= 15 is 0 Å². The van der Waals surface area contributed by atoms with Crippen molar-refractivity contribution >= 4 is 17.3 Å². The minimum atomic E-state index is -1.21. The Morgan fingerprint density at radius 2 is 2.00 bits per heavy atom. The fourth-order valence-electron chi connectivity index (χ4n) is 2.34. The largest absolute Gasteiger partial charge is 0.489 e. The second-order valence-electron chi connectivity index (χ2n) is 5.44. The monoisotopic (exact) mass is 365 g/mol. The van der Waals surface area contributed by atoms with Crippen LogP contribution in [-0.2, 0) is 11.4 Å². The minimum absolute atomic E-state index is 0.173. The minimum Gasteiger partial charge on any atom is -0.489 e. The zero-order valence-corrected chi connectivity index (χ0v) is 14.5. The Bertz CT molecular complexity index is 917. The van der Waals surface area contributed by atoms with E-state index in [2.05, 4.69) is 0 Å². The van der Waals surface area contributed by atoms with Crippen LogP contribution in [0.15, 0.2) is 65.4 Å². The molecule has 2 aromatic carbocycles. The van der Waals surface area contributed by atoms with Crippen LogP contribution < -0.4 is 9.47 Å². The summed E-state index contributed by atoms with van der Waals surface area (Å²) in [4.78, 5) is 11.6. The second kappa shape index (κ2) is 8.19. The van der Waals surface area contributed by atoms with Gasteiger partial charge in [0.2, 0.25) is 6.10 Å². The Morgan fingerprint density at radius 1 is 1.19 bits per heavy atom. The van der Waals surface area contributed by atoms with Gasteiger partial charge in [-0.05, 0) is 34.5 Å². The van der Waals surface area contributed by atoms with Gasteiger partial charge in [-0.25, -0.2) is 4.79 Å². The molecule has 0 saturated heterocycles. The van der Waals surface area contributed by atoms with Gasteiger partial charge in [0, 0.05) is 11.6 Å². The summed E-state index contributed by atoms with van der Waals surface area (Å²) in [6.07, 6.45) is -1.21. The van der Waals surface area contributed by atoms with Gasteiger partial charge < -0.3 is 14.6 Å². The predicted octanol–water partition coefficient (Wildman–Crippen LogP) is 4.40. The Hall–Kier alpha value is -3.30. The summed E-state index contributed by atoms with van der Waals surface area (Å²) in [5.74, 6) is -0.460. The highest BCUT2D eigenvalue weighted by atomic mass is 32.1. The zero-order chi connectivity index (χ0) is 18.4. The molecule has 0 radical (unpaired) electrons. The first kappa shape index (κ1) is 17.5. The highest BCUT2D eigenvalue weighted by molar-refractivity contribution is 7.07. The molecule has 1 atom stereocenters. The molecule has 1 N–H and O–H groups in total. The molecule has 26 heavy (non-hydrogen) atoms. The second-order valence-corrected chi connectivity index (χ2v) is 6.22. The number of carboxylic acids is 1. The summed E-state index contributed by atoms with van der Waals surface area (Å²) < 4.78 is 11.4. The highest BCUT2D eigenvalue weighted by Crippen LogP contribution is 2.30. The van der Waals surface area contributed by atoms with Crippen LogP contribution in [0, 0.1) is 11.3 Å². The summed E-state index contributed by atoms with van der Waals surface area (Å²) in [6.45, 7) is 0.385. The van der Waals surface area contributed by atoms with Crippen LogP contribution in [0.3, 0.4) is 0 Å². The number of nitrogens with zero attached hydrogens (tertiary/aromatic N) is 1. The lowest BCUT2D eigenvalue weighted by Crippen LogP contribution is -2.18. The molecular weight excluding hydrogens is 350 g/mol. The number of benzene rings is 2. The van der Waals surface area contributed by atoms with Crippen LogP contribution in [0.1, 0.15) is 22.8 Å². The standard InChI is InChI=1S/C20H15NO4S/c21-11-16-6-7-17(24-12-14-8-9-26-13-14)10-18(16)25-19(20(22)23)15-4-2-1-3-5-15/h1-10,13,19H,12H2,(H,22,23)/t19-/m0/s1. The van der Waals surface area contributed by atoms with E-state index in [1.807, 2.05) is 22.9 Å². The summed E-state index contributed by atoms with van der Waals surface area (Å²) in [6, 6.07) is 17.3. The van der Waals surface area contributed by atoms with Crippen molar-refractivity contribution in [3.8, 4) is 17.6 Å². The Morgan fingerprint density at radius 3 is 2.65 bits per heavy atom. The lowest BCUT2D eigenvalue weighted by Gasteiger charge is -2.17. The van der Waals surface area contributed by atoms with Crippen molar-refractivity contribution in [2.75, 3.05) is 0 Å². The zero-order valence-electron chi connectivity index (χ0n) is 13.7. The molecule has 0 bridgehead atoms. The van der Waals surface area contributed by atoms with Crippen LogP contribution in [0.5, 0.6) is 11.5 Å². The third kappa shape index (κ3) is 4.21. The van der Waals surface area contributed by atoms with Gasteiger partial charge in [0.15, 0.2) is 0 Å². The molecule has 0 spiro atoms. The van der Waals surface area contributed by atoms with Gasteiger partial charge in [0.05, 0.1) is 5.56 Å². The maximum absolute atomic E-state index is 11.6. The average molecular weight is 365 g/mol. The summed E-state index contributed by atoms with van der Waals surface area (Å²) in [5, 5.41) is 22.8. The van der Waals surface area contributed by atoms with E-state index < -0.39 is 12.1 Å². The van der Waals surface area contributed by atoms with E-state index in [1.165, 1.54) is 0 Å². The molecular formula is C20H15NO4S. The van der Waals surface area contributed by atoms with Crippen LogP contribution in [-0.4, -0.2) is 11.1 Å². The van der Waals surface area contributed by atoms with E-state index in [0.29, 0.717) is 17.9 Å². The predicted molar refractivity (Wildman–Crippen MR) is 97.3 cm³/mol. The van der Waals surface area contributed by atoms with Crippen LogP contribution in [0.2, 0.25) is 0 Å². The van der Waals surface area contributed by atoms with Crippen molar-refractivity contribution in [3.05, 3.63) is 82.0 Å². The van der Waals surface area contributed by atoms with Gasteiger partial charge in [-0.15, -0.1) is 0 Å². The Kier molecular flexibility index (Phi) is 5.52. The Labute approximate surface area is 154 Å². The molecule has 3 rings (SSSR count). The van der Waals surface area contributed by atoms with Crippen molar-refractivity contribution in [1.82, 2.24) is 0 Å². The van der Waals surface area contributed by atoms with E-state index in [-0.39, 0.29) is 11.3 Å². The molecule has 0 aliphatic rings. The number of nitriles is 1. The van der Waals surface area contributed by atoms with Crippen LogP contribution in [0.4, 0.5) is 0 Å². The van der Waals surface area contributed by atoms with Crippen molar-refractivity contribution in [2.45, 2.75) is 12.7 Å². The normalized spacial score (nSPS) is 11.3. The fourth-order valence-corrected chi connectivity index (χ4v) is 2.99. The van der Waals surface area contributed by atoms with E-state index in [4.69, 9.17) is 9.47 Å². The molecule has 0 aliphatic heterocycles. The first-order valence-corrected chi connectivity index (χ1v) is 8.74. The van der Waals surface area contributed by atoms with Crippen molar-refractivity contribution in [3.63, 3.8) is 0 Å². The fraction of sp³-hybridized carbons (Fsp3) is 0.100. The molecule has 5 nitrogen and oxygen atoms in total. The number of carbonyl (C=O) groups is 1. The maximum atomic E-state index is 11.6. The lowest BCUT2D eigenvalue weighted by molar-refractivity contribution is -0.145. The molecule has 130 valence electrons. The smallest absolute Gasteiger partial charge is 0.349 e. The molecule has 1 heterocycles. The number of hydrogen-bond donors (Lipinski definition) is 1. The summed E-state index contributed by atoms with van der Waals surface area (Å²) in [7, 11) is 0. The number of carboxylic acid groups (broad SMARTS) is 1. The number of hydrogen-bond acceptors (Lipinski definition) is 5. The molecule has 0 saturated carbocycles. The quantitative estimate of drug-likeness (QED) is 0.671. The van der Waals surface area contributed by atoms with Gasteiger partial charge >= 0.3 is 5.97 Å². The third-order valence-electron chi connectivity index (χ3n) is 3.63. The number of ether oxygens (including phenoxy) is 2. The maximum Gasteiger partial charge on any atom is 0.349 e. The topological polar surface area (TPSA) is 79.5 Å². The summed E-state index contributed by atoms with van der Waals surface area (Å²) >= 11 is 1.58. The molecule has 0 unspecified atom stereocenters. The van der Waals surface area contributed by atoms with Crippen molar-refractivity contribution in [1.29, 1.82) is 5.26 Å². The van der Waals surface area contributed by atoms with Gasteiger partial charge in [0.25, 0.3) is 0 Å². The van der Waals surface area contributed by atoms with Gasteiger partial charge in [-0.3, -0.25) is 0 Å². The SMILES string of the molecule is N#Cc1ccc(OCc2ccsc2)cc1O[C@H](C(=O)O)c1ccccc1. The van der Waals surface area contributed by atoms with Crippen LogP contribution in [0.25, 0.3) is 0 Å². The van der Waals surface area contributed by atoms with Crippen molar-refractivity contribution in [2.24, 2.45) is 0 Å². The molecule has 0 fully saturated rings. The lowest BCUT2D eigenvalue weighted by atomic mass is 10.1. The first-order chi connectivity index (χ1) is 12.7. The third-order valence-corrected chi connectivity index (χ3v) is 4.36. The summed E-state index contributed by atoms with van der Waals surface area (Å²) in [5.41, 5.74) is 1.78. The van der Waals surface area contributed by atoms with Gasteiger partial charge in [-0.2, -0.15) is 16.6 Å². The Balaban J connectivity index is 1.83. The van der Waals surface area contributed by atoms with Gasteiger partial charge in [0.1, 0.15) is 24.2 Å². The number of thiophene rings is 1. The van der Waals surface area contributed by atoms with E-state index in [0.717, 1.165) is 5.56 Å². The number of rotatable bonds is 7. The molecule has 0 amide bonds. The van der Waals surface area contributed by atoms with Gasteiger partial charge in [-0.1, -0.05) is 30.3 Å². The molecule has 1 aromatic heterocycles. The van der Waals surface area contributed by atoms with E-state index in [9.17, 15) is 15.2 Å². The molecule has 0 aliphatic carbocycles. The molecule has 3 aromatic rings. The van der Waals surface area contributed by atoms with Crippen LogP contribution >= 0.6 is 11.3 Å².